The normalized spacial score (nSPS) is 9.90. The summed E-state index contributed by atoms with van der Waals surface area (Å²) >= 11 is 0. The number of hydrogen-bond donors (Lipinski definition) is 2. The summed E-state index contributed by atoms with van der Waals surface area (Å²) in [4.78, 5) is 11.7. The van der Waals surface area contributed by atoms with E-state index in [2.05, 4.69) is 5.43 Å². The van der Waals surface area contributed by atoms with Crippen molar-refractivity contribution in [2.24, 2.45) is 5.84 Å². The third-order valence-corrected chi connectivity index (χ3v) is 2.80. The summed E-state index contributed by atoms with van der Waals surface area (Å²) < 4.78 is 11.0. The molecule has 0 aliphatic heterocycles. The predicted octanol–water partition coefficient (Wildman–Crippen LogP) is 1.88. The Morgan fingerprint density at radius 3 is 2.55 bits per heavy atom. The Kier molecular flexibility index (Phi) is 4.57. The van der Waals surface area contributed by atoms with Gasteiger partial charge in [0.1, 0.15) is 6.61 Å². The monoisotopic (exact) mass is 272 g/mol. The highest BCUT2D eigenvalue weighted by Gasteiger charge is 2.16. The van der Waals surface area contributed by atoms with Crippen molar-refractivity contribution in [3.05, 3.63) is 59.7 Å². The van der Waals surface area contributed by atoms with Gasteiger partial charge in [0, 0.05) is 0 Å². The third kappa shape index (κ3) is 3.07. The van der Waals surface area contributed by atoms with Crippen LogP contribution in [0.5, 0.6) is 11.5 Å². The molecule has 0 unspecified atom stereocenters. The number of nitrogens with one attached hydrogen (secondary N) is 1. The van der Waals surface area contributed by atoms with Gasteiger partial charge >= 0.3 is 0 Å². The molecule has 0 heterocycles. The van der Waals surface area contributed by atoms with Gasteiger partial charge in [-0.3, -0.25) is 10.2 Å². The lowest BCUT2D eigenvalue weighted by atomic mass is 10.1. The second kappa shape index (κ2) is 6.58. The molecule has 3 N–H and O–H groups in total. The number of nitrogens with two attached hydrogens (primary N) is 1. The molecule has 2 aromatic carbocycles. The topological polar surface area (TPSA) is 73.6 Å². The van der Waals surface area contributed by atoms with Gasteiger partial charge in [0.25, 0.3) is 5.91 Å². The van der Waals surface area contributed by atoms with Gasteiger partial charge in [0.05, 0.1) is 12.7 Å². The molecule has 104 valence electrons. The maximum atomic E-state index is 11.7. The van der Waals surface area contributed by atoms with Gasteiger partial charge in [-0.15, -0.1) is 0 Å². The Labute approximate surface area is 117 Å². The van der Waals surface area contributed by atoms with Crippen molar-refractivity contribution in [3.8, 4) is 11.5 Å². The average Bonchev–Trinajstić information content (AvgIpc) is 2.52. The minimum Gasteiger partial charge on any atom is -0.493 e. The summed E-state index contributed by atoms with van der Waals surface area (Å²) in [5.41, 5.74) is 3.43. The van der Waals surface area contributed by atoms with Crippen LogP contribution in [-0.4, -0.2) is 13.0 Å². The van der Waals surface area contributed by atoms with E-state index < -0.39 is 5.91 Å². The number of benzene rings is 2. The molecule has 5 heteroatoms. The van der Waals surface area contributed by atoms with E-state index in [1.807, 2.05) is 30.3 Å². The number of hydrogen-bond acceptors (Lipinski definition) is 4. The van der Waals surface area contributed by atoms with Gasteiger partial charge in [-0.2, -0.15) is 0 Å². The van der Waals surface area contributed by atoms with Crippen molar-refractivity contribution >= 4 is 5.91 Å². The zero-order valence-electron chi connectivity index (χ0n) is 11.1. The fourth-order valence-corrected chi connectivity index (χ4v) is 1.81. The summed E-state index contributed by atoms with van der Waals surface area (Å²) in [5.74, 6) is 5.62. The van der Waals surface area contributed by atoms with Gasteiger partial charge in [-0.05, 0) is 17.7 Å². The molecule has 2 rings (SSSR count). The van der Waals surface area contributed by atoms with Gasteiger partial charge in [0.2, 0.25) is 0 Å². The number of hydrazine groups is 1. The van der Waals surface area contributed by atoms with Crippen LogP contribution in [0.25, 0.3) is 0 Å². The molecule has 0 saturated carbocycles. The van der Waals surface area contributed by atoms with E-state index in [9.17, 15) is 4.79 Å². The first-order chi connectivity index (χ1) is 9.76. The van der Waals surface area contributed by atoms with Crippen molar-refractivity contribution in [2.45, 2.75) is 6.61 Å². The predicted molar refractivity (Wildman–Crippen MR) is 75.4 cm³/mol. The number of ether oxygens (including phenoxy) is 2. The van der Waals surface area contributed by atoms with Crippen LogP contribution < -0.4 is 20.7 Å². The zero-order chi connectivity index (χ0) is 14.4. The Bertz CT molecular complexity index is 585. The molecule has 1 amide bonds. The largest absolute Gasteiger partial charge is 0.493 e. The van der Waals surface area contributed by atoms with E-state index in [-0.39, 0.29) is 0 Å². The molecule has 0 fully saturated rings. The number of carbonyl (C=O) groups excluding carboxylic acids is 1. The Morgan fingerprint density at radius 2 is 1.90 bits per heavy atom. The molecule has 0 spiro atoms. The Morgan fingerprint density at radius 1 is 1.15 bits per heavy atom. The van der Waals surface area contributed by atoms with E-state index in [1.165, 1.54) is 7.11 Å². The van der Waals surface area contributed by atoms with E-state index in [1.54, 1.807) is 18.2 Å². The van der Waals surface area contributed by atoms with Crippen LogP contribution in [0, 0.1) is 0 Å². The van der Waals surface area contributed by atoms with Crippen molar-refractivity contribution in [1.82, 2.24) is 5.43 Å². The third-order valence-electron chi connectivity index (χ3n) is 2.80. The lowest BCUT2D eigenvalue weighted by Crippen LogP contribution is -2.30. The summed E-state index contributed by atoms with van der Waals surface area (Å²) in [6, 6.07) is 14.7. The zero-order valence-corrected chi connectivity index (χ0v) is 11.1. The summed E-state index contributed by atoms with van der Waals surface area (Å²) in [7, 11) is 1.52. The first-order valence-corrected chi connectivity index (χ1v) is 6.11. The fraction of sp³-hybridized carbons (Fsp3) is 0.133. The lowest BCUT2D eigenvalue weighted by Gasteiger charge is -2.14. The van der Waals surface area contributed by atoms with E-state index >= 15 is 0 Å². The molecule has 0 aliphatic rings. The van der Waals surface area contributed by atoms with Crippen LogP contribution in [0.15, 0.2) is 48.5 Å². The highest BCUT2D eigenvalue weighted by molar-refractivity contribution is 5.97. The molecular formula is C15H16N2O3. The highest BCUT2D eigenvalue weighted by Crippen LogP contribution is 2.31. The summed E-state index contributed by atoms with van der Waals surface area (Å²) in [5, 5.41) is 0. The molecule has 2 aromatic rings. The number of amides is 1. The average molecular weight is 272 g/mol. The van der Waals surface area contributed by atoms with Crippen molar-refractivity contribution < 1.29 is 14.3 Å². The molecule has 0 bridgehead atoms. The van der Waals surface area contributed by atoms with Gasteiger partial charge in [-0.25, -0.2) is 5.84 Å². The first-order valence-electron chi connectivity index (χ1n) is 6.11. The second-order valence-electron chi connectivity index (χ2n) is 4.08. The molecular weight excluding hydrogens is 256 g/mol. The first kappa shape index (κ1) is 13.9. The minimum absolute atomic E-state index is 0.336. The van der Waals surface area contributed by atoms with Crippen LogP contribution in [-0.2, 0) is 6.61 Å². The van der Waals surface area contributed by atoms with Crippen molar-refractivity contribution in [3.63, 3.8) is 0 Å². The lowest BCUT2D eigenvalue weighted by molar-refractivity contribution is 0.0948. The number of rotatable bonds is 5. The van der Waals surface area contributed by atoms with Crippen molar-refractivity contribution in [1.29, 1.82) is 0 Å². The minimum atomic E-state index is -0.424. The van der Waals surface area contributed by atoms with E-state index in [0.29, 0.717) is 23.7 Å². The van der Waals surface area contributed by atoms with Crippen LogP contribution in [0.2, 0.25) is 0 Å². The standard InChI is InChI=1S/C15H16N2O3/c1-19-13-9-5-8-12(15(18)17-16)14(13)20-10-11-6-3-2-4-7-11/h2-9H,10,16H2,1H3,(H,17,18). The molecule has 0 radical (unpaired) electrons. The Balaban J connectivity index is 2.26. The van der Waals surface area contributed by atoms with Crippen LogP contribution in [0.4, 0.5) is 0 Å². The quantitative estimate of drug-likeness (QED) is 0.495. The highest BCUT2D eigenvalue weighted by atomic mass is 16.5. The Hall–Kier alpha value is -2.53. The van der Waals surface area contributed by atoms with Gasteiger partial charge in [0.15, 0.2) is 11.5 Å². The van der Waals surface area contributed by atoms with Gasteiger partial charge < -0.3 is 9.47 Å². The maximum Gasteiger partial charge on any atom is 0.269 e. The van der Waals surface area contributed by atoms with Crippen LogP contribution >= 0.6 is 0 Å². The van der Waals surface area contributed by atoms with Crippen LogP contribution in [0.3, 0.4) is 0 Å². The fourth-order valence-electron chi connectivity index (χ4n) is 1.81. The second-order valence-corrected chi connectivity index (χ2v) is 4.08. The smallest absolute Gasteiger partial charge is 0.269 e. The van der Waals surface area contributed by atoms with Crippen LogP contribution in [0.1, 0.15) is 15.9 Å². The summed E-state index contributed by atoms with van der Waals surface area (Å²) in [6.07, 6.45) is 0. The SMILES string of the molecule is COc1cccc(C(=O)NN)c1OCc1ccccc1. The number of para-hydroxylation sites is 1. The summed E-state index contributed by atoms with van der Waals surface area (Å²) in [6.45, 7) is 0.339. The maximum absolute atomic E-state index is 11.7. The molecule has 0 aliphatic carbocycles. The number of nitrogen functional groups attached to an aromatic ring is 1. The molecule has 20 heavy (non-hydrogen) atoms. The molecule has 5 nitrogen and oxygen atoms in total. The number of carbonyl (C=O) groups is 1. The number of methoxy groups -OCH3 is 1. The molecule has 0 atom stereocenters. The van der Waals surface area contributed by atoms with E-state index in [4.69, 9.17) is 15.3 Å². The van der Waals surface area contributed by atoms with Crippen molar-refractivity contribution in [2.75, 3.05) is 7.11 Å². The molecule has 0 saturated heterocycles. The van der Waals surface area contributed by atoms with E-state index in [0.717, 1.165) is 5.56 Å². The molecule has 0 aromatic heterocycles. The van der Waals surface area contributed by atoms with Gasteiger partial charge in [-0.1, -0.05) is 36.4 Å².